The van der Waals surface area contributed by atoms with Crippen molar-refractivity contribution >= 4 is 22.6 Å². The van der Waals surface area contributed by atoms with E-state index in [1.54, 1.807) is 18.5 Å². The van der Waals surface area contributed by atoms with Crippen molar-refractivity contribution in [2.45, 2.75) is 13.0 Å². The van der Waals surface area contributed by atoms with E-state index >= 15 is 0 Å². The highest BCUT2D eigenvalue weighted by atomic mass is 15.2. The van der Waals surface area contributed by atoms with Crippen LogP contribution in [0.15, 0.2) is 95.4 Å². The normalized spacial score (nSPS) is 13.1. The summed E-state index contributed by atoms with van der Waals surface area (Å²) in [5, 5.41) is 8.62. The lowest BCUT2D eigenvalue weighted by molar-refractivity contribution is -0.386. The van der Waals surface area contributed by atoms with Crippen LogP contribution in [-0.2, 0) is 6.54 Å². The van der Waals surface area contributed by atoms with Crippen molar-refractivity contribution in [3.63, 3.8) is 0 Å². The third-order valence-corrected chi connectivity index (χ3v) is 5.84. The average molecular weight is 458 g/mol. The Labute approximate surface area is 201 Å². The highest BCUT2D eigenvalue weighted by Crippen LogP contribution is 2.31. The minimum atomic E-state index is 0.512. The fourth-order valence-electron chi connectivity index (χ4n) is 4.00. The molecule has 0 radical (unpaired) electrons. The molecule has 0 atom stereocenters. The van der Waals surface area contributed by atoms with Gasteiger partial charge < -0.3 is 5.73 Å². The third-order valence-electron chi connectivity index (χ3n) is 5.84. The number of quaternary nitrogens is 1. The molecule has 0 fully saturated rings. The van der Waals surface area contributed by atoms with Gasteiger partial charge in [0.2, 0.25) is 0 Å². The zero-order valence-corrected chi connectivity index (χ0v) is 18.8. The molecule has 0 unspecified atom stereocenters. The maximum absolute atomic E-state index is 4.98. The SMILES string of the molecule is [NH3+]Cc1ccc(-c2nc3ccc(C4=NN=C(c5ncccn5)C4)nc3nc2-c2ccccc2)cc1. The predicted molar refractivity (Wildman–Crippen MR) is 135 cm³/mol. The van der Waals surface area contributed by atoms with Gasteiger partial charge >= 0.3 is 0 Å². The molecular formula is C27H21N8+. The molecule has 0 aliphatic carbocycles. The van der Waals surface area contributed by atoms with Crippen molar-refractivity contribution in [2.75, 3.05) is 0 Å². The molecule has 1 aliphatic heterocycles. The summed E-state index contributed by atoms with van der Waals surface area (Å²) >= 11 is 0. The molecule has 1 aliphatic rings. The molecule has 0 saturated heterocycles. The Bertz CT molecular complexity index is 1580. The molecule has 0 spiro atoms. The molecular weight excluding hydrogens is 436 g/mol. The molecule has 5 aromatic rings. The quantitative estimate of drug-likeness (QED) is 0.434. The Balaban J connectivity index is 1.41. The summed E-state index contributed by atoms with van der Waals surface area (Å²) in [5.41, 5.74) is 12.2. The number of nitrogens with zero attached hydrogens (tertiary/aromatic N) is 7. The molecule has 6 rings (SSSR count). The largest absolute Gasteiger partial charge is 0.354 e. The van der Waals surface area contributed by atoms with E-state index in [1.165, 1.54) is 5.56 Å². The molecule has 8 nitrogen and oxygen atoms in total. The van der Waals surface area contributed by atoms with Gasteiger partial charge in [-0.25, -0.2) is 24.9 Å². The monoisotopic (exact) mass is 457 g/mol. The first-order valence-electron chi connectivity index (χ1n) is 11.3. The number of aromatic nitrogens is 5. The second-order valence-electron chi connectivity index (χ2n) is 8.12. The molecule has 8 heteroatoms. The predicted octanol–water partition coefficient (Wildman–Crippen LogP) is 3.49. The van der Waals surface area contributed by atoms with Gasteiger partial charge in [-0.2, -0.15) is 10.2 Å². The lowest BCUT2D eigenvalue weighted by Crippen LogP contribution is -2.47. The maximum Gasteiger partial charge on any atom is 0.179 e. The third kappa shape index (κ3) is 4.07. The minimum absolute atomic E-state index is 0.512. The van der Waals surface area contributed by atoms with E-state index in [9.17, 15) is 0 Å². The fraction of sp³-hybridized carbons (Fsp3) is 0.0741. The summed E-state index contributed by atoms with van der Waals surface area (Å²) in [5.74, 6) is 0.577. The Morgan fingerprint density at radius 3 is 2.14 bits per heavy atom. The number of benzene rings is 2. The van der Waals surface area contributed by atoms with Crippen molar-refractivity contribution in [2.24, 2.45) is 10.2 Å². The Hall–Kier alpha value is -4.69. The van der Waals surface area contributed by atoms with Gasteiger partial charge in [-0.05, 0) is 18.2 Å². The maximum atomic E-state index is 4.98. The number of rotatable bonds is 5. The summed E-state index contributed by atoms with van der Waals surface area (Å²) < 4.78 is 0. The van der Waals surface area contributed by atoms with Crippen LogP contribution in [-0.4, -0.2) is 36.3 Å². The van der Waals surface area contributed by atoms with E-state index in [2.05, 4.69) is 50.2 Å². The van der Waals surface area contributed by atoms with Crippen molar-refractivity contribution < 1.29 is 5.73 Å². The van der Waals surface area contributed by atoms with Crippen LogP contribution in [0.1, 0.15) is 23.5 Å². The van der Waals surface area contributed by atoms with Crippen LogP contribution in [0.4, 0.5) is 0 Å². The first-order valence-corrected chi connectivity index (χ1v) is 11.3. The van der Waals surface area contributed by atoms with E-state index in [0.717, 1.165) is 46.0 Å². The molecule has 0 amide bonds. The van der Waals surface area contributed by atoms with E-state index in [-0.39, 0.29) is 0 Å². The summed E-state index contributed by atoms with van der Waals surface area (Å²) in [4.78, 5) is 23.3. The van der Waals surface area contributed by atoms with Gasteiger partial charge in [-0.15, -0.1) is 0 Å². The standard InChI is InChI=1S/C27H20N8/c28-16-17-7-9-19(10-8-17)24-25(18-5-2-1-3-6-18)33-27-21(31-24)12-11-20(32-27)22-15-23(35-34-22)26-29-13-4-14-30-26/h1-14H,15-16,28H2/p+1. The van der Waals surface area contributed by atoms with Gasteiger partial charge in [0.15, 0.2) is 11.5 Å². The lowest BCUT2D eigenvalue weighted by atomic mass is 10.0. The van der Waals surface area contributed by atoms with Gasteiger partial charge in [0, 0.05) is 35.5 Å². The van der Waals surface area contributed by atoms with Crippen LogP contribution in [0.3, 0.4) is 0 Å². The first kappa shape index (κ1) is 20.9. The first-order chi connectivity index (χ1) is 17.3. The van der Waals surface area contributed by atoms with Crippen LogP contribution < -0.4 is 5.73 Å². The molecule has 2 aromatic carbocycles. The van der Waals surface area contributed by atoms with Gasteiger partial charge in [-0.1, -0.05) is 54.6 Å². The Morgan fingerprint density at radius 2 is 1.37 bits per heavy atom. The average Bonchev–Trinajstić information content (AvgIpc) is 3.44. The highest BCUT2D eigenvalue weighted by molar-refractivity contribution is 6.18. The van der Waals surface area contributed by atoms with Crippen LogP contribution in [0.2, 0.25) is 0 Å². The van der Waals surface area contributed by atoms with Crippen LogP contribution in [0.5, 0.6) is 0 Å². The van der Waals surface area contributed by atoms with Crippen molar-refractivity contribution in [3.05, 3.63) is 102 Å². The topological polar surface area (TPSA) is 117 Å². The van der Waals surface area contributed by atoms with Crippen molar-refractivity contribution in [1.82, 2.24) is 24.9 Å². The summed E-state index contributed by atoms with van der Waals surface area (Å²) in [6.07, 6.45) is 3.91. The summed E-state index contributed by atoms with van der Waals surface area (Å²) in [6, 6.07) is 24.0. The summed E-state index contributed by atoms with van der Waals surface area (Å²) in [7, 11) is 0. The van der Waals surface area contributed by atoms with Crippen LogP contribution >= 0.6 is 0 Å². The lowest BCUT2D eigenvalue weighted by Gasteiger charge is -2.11. The zero-order valence-electron chi connectivity index (χ0n) is 18.8. The van der Waals surface area contributed by atoms with Crippen molar-refractivity contribution in [1.29, 1.82) is 0 Å². The summed E-state index contributed by atoms with van der Waals surface area (Å²) in [6.45, 7) is 0.744. The van der Waals surface area contributed by atoms with E-state index < -0.39 is 0 Å². The number of pyridine rings is 1. The number of fused-ring (bicyclic) bond motifs is 1. The highest BCUT2D eigenvalue weighted by Gasteiger charge is 2.20. The fourth-order valence-corrected chi connectivity index (χ4v) is 4.00. The van der Waals surface area contributed by atoms with Gasteiger partial charge in [0.05, 0.1) is 29.3 Å². The number of hydrogen-bond donors (Lipinski definition) is 1. The Morgan fingerprint density at radius 1 is 0.657 bits per heavy atom. The molecule has 3 N–H and O–H groups in total. The van der Waals surface area contributed by atoms with Crippen LogP contribution in [0, 0.1) is 0 Å². The molecule has 168 valence electrons. The zero-order chi connectivity index (χ0) is 23.6. The second kappa shape index (κ2) is 8.92. The van der Waals surface area contributed by atoms with Crippen LogP contribution in [0.25, 0.3) is 33.7 Å². The molecule has 0 saturated carbocycles. The van der Waals surface area contributed by atoms with E-state index in [1.807, 2.05) is 42.5 Å². The molecule has 3 aromatic heterocycles. The van der Waals surface area contributed by atoms with Gasteiger partial charge in [0.1, 0.15) is 11.2 Å². The smallest absolute Gasteiger partial charge is 0.179 e. The molecule has 4 heterocycles. The van der Waals surface area contributed by atoms with Gasteiger partial charge in [-0.3, -0.25) is 0 Å². The minimum Gasteiger partial charge on any atom is -0.354 e. The number of hydrogen-bond acceptors (Lipinski definition) is 7. The van der Waals surface area contributed by atoms with E-state index in [0.29, 0.717) is 23.6 Å². The second-order valence-corrected chi connectivity index (χ2v) is 8.12. The molecule has 35 heavy (non-hydrogen) atoms. The van der Waals surface area contributed by atoms with Crippen molar-refractivity contribution in [3.8, 4) is 22.5 Å². The molecule has 0 bridgehead atoms. The Kier molecular flexibility index (Phi) is 5.32. The van der Waals surface area contributed by atoms with Gasteiger partial charge in [0.25, 0.3) is 0 Å². The van der Waals surface area contributed by atoms with E-state index in [4.69, 9.17) is 15.0 Å².